The number of carbonyl (C=O) groups excluding carboxylic acids is 2. The highest BCUT2D eigenvalue weighted by Crippen LogP contribution is 2.17. The van der Waals surface area contributed by atoms with Gasteiger partial charge in [0.15, 0.2) is 6.61 Å². The van der Waals surface area contributed by atoms with Crippen molar-refractivity contribution in [2.45, 2.75) is 13.5 Å². The average Bonchev–Trinajstić information content (AvgIpc) is 2.60. The predicted octanol–water partition coefficient (Wildman–Crippen LogP) is 1.92. The van der Waals surface area contributed by atoms with Crippen LogP contribution in [-0.4, -0.2) is 30.1 Å². The molecule has 0 spiro atoms. The minimum atomic E-state index is -0.346. The number of rotatable bonds is 7. The van der Waals surface area contributed by atoms with E-state index in [0.717, 1.165) is 5.69 Å². The van der Waals surface area contributed by atoms with Crippen LogP contribution in [0.3, 0.4) is 0 Å². The van der Waals surface area contributed by atoms with Gasteiger partial charge in [-0.2, -0.15) is 0 Å². The molecular weight excluding hydrogens is 308 g/mol. The molecule has 7 heteroatoms. The third-order valence-corrected chi connectivity index (χ3v) is 2.99. The van der Waals surface area contributed by atoms with Gasteiger partial charge in [-0.25, -0.2) is 4.79 Å². The van der Waals surface area contributed by atoms with Crippen molar-refractivity contribution in [3.8, 4) is 5.75 Å². The fourth-order valence-electron chi connectivity index (χ4n) is 1.91. The Bertz CT molecular complexity index is 677. The van der Waals surface area contributed by atoms with E-state index in [1.165, 1.54) is 0 Å². The summed E-state index contributed by atoms with van der Waals surface area (Å²) in [5, 5.41) is 8.07. The maximum absolute atomic E-state index is 11.9. The van der Waals surface area contributed by atoms with Gasteiger partial charge in [0.1, 0.15) is 5.75 Å². The van der Waals surface area contributed by atoms with Crippen molar-refractivity contribution in [2.24, 2.45) is 0 Å². The molecule has 1 aromatic heterocycles. The maximum atomic E-state index is 11.9. The average molecular weight is 328 g/mol. The van der Waals surface area contributed by atoms with Crippen LogP contribution in [0.2, 0.25) is 0 Å². The number of urea groups is 1. The number of ether oxygens (including phenoxy) is 1. The maximum Gasteiger partial charge on any atom is 0.319 e. The molecule has 0 saturated heterocycles. The van der Waals surface area contributed by atoms with Crippen LogP contribution in [0, 0.1) is 0 Å². The van der Waals surface area contributed by atoms with Crippen LogP contribution < -0.4 is 20.7 Å². The number of hydrogen-bond acceptors (Lipinski definition) is 4. The first kappa shape index (κ1) is 17.3. The second-order valence-corrected chi connectivity index (χ2v) is 4.90. The Labute approximate surface area is 140 Å². The molecule has 0 radical (unpaired) electrons. The molecule has 0 bridgehead atoms. The Hall–Kier alpha value is -3.09. The minimum Gasteiger partial charge on any atom is -0.484 e. The fraction of sp³-hybridized carbons (Fsp3) is 0.235. The van der Waals surface area contributed by atoms with Gasteiger partial charge in [-0.15, -0.1) is 0 Å². The number of nitrogens with one attached hydrogen (secondary N) is 3. The van der Waals surface area contributed by atoms with E-state index in [9.17, 15) is 9.59 Å². The number of amides is 3. The van der Waals surface area contributed by atoms with E-state index < -0.39 is 0 Å². The molecule has 126 valence electrons. The van der Waals surface area contributed by atoms with Crippen LogP contribution in [0.4, 0.5) is 10.5 Å². The first-order valence-electron chi connectivity index (χ1n) is 7.61. The summed E-state index contributed by atoms with van der Waals surface area (Å²) < 4.78 is 5.38. The van der Waals surface area contributed by atoms with Crippen LogP contribution in [-0.2, 0) is 11.3 Å². The van der Waals surface area contributed by atoms with Gasteiger partial charge < -0.3 is 20.7 Å². The second kappa shape index (κ2) is 9.14. The van der Waals surface area contributed by atoms with Crippen molar-refractivity contribution in [3.05, 3.63) is 54.4 Å². The van der Waals surface area contributed by atoms with Crippen molar-refractivity contribution >= 4 is 17.6 Å². The largest absolute Gasteiger partial charge is 0.484 e. The summed E-state index contributed by atoms with van der Waals surface area (Å²) in [6, 6.07) is 12.0. The van der Waals surface area contributed by atoms with E-state index in [1.54, 1.807) is 30.5 Å². The fourth-order valence-corrected chi connectivity index (χ4v) is 1.91. The van der Waals surface area contributed by atoms with Gasteiger partial charge in [-0.05, 0) is 31.2 Å². The zero-order valence-electron chi connectivity index (χ0n) is 13.4. The number of pyridine rings is 1. The van der Waals surface area contributed by atoms with Crippen LogP contribution >= 0.6 is 0 Å². The smallest absolute Gasteiger partial charge is 0.319 e. The third-order valence-electron chi connectivity index (χ3n) is 2.99. The number of benzene rings is 1. The topological polar surface area (TPSA) is 92.4 Å². The highest BCUT2D eigenvalue weighted by Gasteiger charge is 2.05. The zero-order chi connectivity index (χ0) is 17.2. The summed E-state index contributed by atoms with van der Waals surface area (Å²) in [7, 11) is 0. The molecule has 3 amide bonds. The van der Waals surface area contributed by atoms with E-state index in [0.29, 0.717) is 24.5 Å². The molecule has 0 fully saturated rings. The number of anilines is 1. The Morgan fingerprint density at radius 3 is 2.75 bits per heavy atom. The Kier molecular flexibility index (Phi) is 6.58. The highest BCUT2D eigenvalue weighted by molar-refractivity contribution is 5.89. The number of carbonyl (C=O) groups is 2. The van der Waals surface area contributed by atoms with Gasteiger partial charge in [0.2, 0.25) is 0 Å². The molecule has 0 unspecified atom stereocenters. The lowest BCUT2D eigenvalue weighted by Gasteiger charge is -2.10. The van der Waals surface area contributed by atoms with Crippen LogP contribution in [0.15, 0.2) is 48.7 Å². The van der Waals surface area contributed by atoms with Crippen LogP contribution in [0.5, 0.6) is 5.75 Å². The van der Waals surface area contributed by atoms with Gasteiger partial charge in [0, 0.05) is 24.5 Å². The standard InChI is InChI=1S/C17H20N4O3/c1-2-18-16(22)12-24-15-8-5-7-13(10-15)21-17(23)20-11-14-6-3-4-9-19-14/h3-10H,2,11-12H2,1H3,(H,18,22)(H2,20,21,23). The lowest BCUT2D eigenvalue weighted by atomic mass is 10.3. The van der Waals surface area contributed by atoms with E-state index in [2.05, 4.69) is 20.9 Å². The minimum absolute atomic E-state index is 0.0663. The van der Waals surface area contributed by atoms with Crippen LogP contribution in [0.25, 0.3) is 0 Å². The Morgan fingerprint density at radius 2 is 2.00 bits per heavy atom. The van der Waals surface area contributed by atoms with E-state index in [1.807, 2.05) is 25.1 Å². The van der Waals surface area contributed by atoms with E-state index in [-0.39, 0.29) is 18.5 Å². The molecule has 24 heavy (non-hydrogen) atoms. The Balaban J connectivity index is 1.82. The van der Waals surface area contributed by atoms with Crippen LogP contribution in [0.1, 0.15) is 12.6 Å². The number of aromatic nitrogens is 1. The molecule has 7 nitrogen and oxygen atoms in total. The van der Waals surface area contributed by atoms with E-state index in [4.69, 9.17) is 4.74 Å². The molecular formula is C17H20N4O3. The van der Waals surface area contributed by atoms with Gasteiger partial charge in [-0.1, -0.05) is 12.1 Å². The molecule has 3 N–H and O–H groups in total. The molecule has 2 rings (SSSR count). The number of likely N-dealkylation sites (N-methyl/N-ethyl adjacent to an activating group) is 1. The van der Waals surface area contributed by atoms with Gasteiger partial charge in [-0.3, -0.25) is 9.78 Å². The van der Waals surface area contributed by atoms with Gasteiger partial charge >= 0.3 is 6.03 Å². The molecule has 0 atom stereocenters. The molecule has 1 heterocycles. The summed E-state index contributed by atoms with van der Waals surface area (Å²) >= 11 is 0. The summed E-state index contributed by atoms with van der Waals surface area (Å²) in [4.78, 5) is 27.4. The van der Waals surface area contributed by atoms with Crippen molar-refractivity contribution in [1.29, 1.82) is 0 Å². The summed E-state index contributed by atoms with van der Waals surface area (Å²) in [6.07, 6.45) is 1.67. The second-order valence-electron chi connectivity index (χ2n) is 4.90. The predicted molar refractivity (Wildman–Crippen MR) is 90.7 cm³/mol. The quantitative estimate of drug-likeness (QED) is 0.724. The van der Waals surface area contributed by atoms with Crippen molar-refractivity contribution in [3.63, 3.8) is 0 Å². The van der Waals surface area contributed by atoms with Crippen molar-refractivity contribution in [2.75, 3.05) is 18.5 Å². The van der Waals surface area contributed by atoms with Crippen molar-refractivity contribution in [1.82, 2.24) is 15.6 Å². The molecule has 2 aromatic rings. The molecule has 0 aliphatic rings. The third kappa shape index (κ3) is 5.96. The lowest BCUT2D eigenvalue weighted by molar-refractivity contribution is -0.122. The summed E-state index contributed by atoms with van der Waals surface area (Å²) in [5.74, 6) is 0.313. The lowest BCUT2D eigenvalue weighted by Crippen LogP contribution is -2.29. The first-order chi connectivity index (χ1) is 11.7. The first-order valence-corrected chi connectivity index (χ1v) is 7.61. The van der Waals surface area contributed by atoms with Gasteiger partial charge in [0.05, 0.1) is 12.2 Å². The number of nitrogens with zero attached hydrogens (tertiary/aromatic N) is 1. The molecule has 0 aliphatic heterocycles. The van der Waals surface area contributed by atoms with Gasteiger partial charge in [0.25, 0.3) is 5.91 Å². The SMILES string of the molecule is CCNC(=O)COc1cccc(NC(=O)NCc2ccccn2)c1. The molecule has 0 saturated carbocycles. The van der Waals surface area contributed by atoms with E-state index >= 15 is 0 Å². The monoisotopic (exact) mass is 328 g/mol. The normalized spacial score (nSPS) is 9.88. The molecule has 0 aliphatic carbocycles. The Morgan fingerprint density at radius 1 is 1.12 bits per heavy atom. The summed E-state index contributed by atoms with van der Waals surface area (Å²) in [6.45, 7) is 2.66. The molecule has 1 aromatic carbocycles. The summed E-state index contributed by atoms with van der Waals surface area (Å²) in [5.41, 5.74) is 1.34. The zero-order valence-corrected chi connectivity index (χ0v) is 13.4. The highest BCUT2D eigenvalue weighted by atomic mass is 16.5. The number of hydrogen-bond donors (Lipinski definition) is 3. The van der Waals surface area contributed by atoms with Crippen molar-refractivity contribution < 1.29 is 14.3 Å².